The summed E-state index contributed by atoms with van der Waals surface area (Å²) in [6, 6.07) is 19.5. The molecule has 434 valence electrons. The Bertz CT molecular complexity index is 3210. The summed E-state index contributed by atoms with van der Waals surface area (Å²) in [6.45, 7) is 1.53. The van der Waals surface area contributed by atoms with E-state index in [1.807, 2.05) is 66.7 Å². The SMILES string of the molecule is C[C@H](O)[C@H]1NC(=O)[C@H](CCCCN)NC(=O)[C@@H](Cc2c[nH]c3ccccc23)NC(=O)[C@H](Cc2cccnc2)NC(=O)[C@@H](NC(=O)[C@@H](N)Cc2ccc(Cl)cc2)CSSC[C@H](C(=O)N[C@@H](Cc2ccc3ccccc3c2)C(N)=O)N(C)C1=O. The topological polar surface area (TPSA) is 339 Å². The second-order valence-corrected chi connectivity index (χ2v) is 23.2. The summed E-state index contributed by atoms with van der Waals surface area (Å²) < 4.78 is 0. The maximum absolute atomic E-state index is 14.9. The second kappa shape index (κ2) is 30.0. The lowest BCUT2D eigenvalue weighted by molar-refractivity contribution is -0.144. The number of nitrogens with one attached hydrogen (secondary N) is 7. The fourth-order valence-corrected chi connectivity index (χ4v) is 12.0. The highest BCUT2D eigenvalue weighted by Gasteiger charge is 2.39. The number of halogens is 1. The molecule has 14 N–H and O–H groups in total. The van der Waals surface area contributed by atoms with Crippen LogP contribution in [0.2, 0.25) is 5.02 Å². The number of amides is 8. The number of nitrogens with zero attached hydrogens (tertiary/aromatic N) is 2. The molecule has 0 saturated carbocycles. The van der Waals surface area contributed by atoms with E-state index in [0.29, 0.717) is 40.1 Å². The molecule has 1 aliphatic rings. The standard InChI is InChI=1S/C58H69ClN12O9S2/c1-33(72)50-58(80)71(2)49(57(79)66-45(51(62)73)26-35-16-19-37-11-3-4-12-38(37)24-35)32-82-81-31-48(69-52(74)42(61)25-34-17-20-40(59)21-18-34)56(78)67-46(27-36-10-9-23-63-29-36)54(76)68-47(28-39-30-64-43-14-6-5-13-41(39)43)55(77)65-44(53(75)70-50)15-7-8-22-60/h3-6,9-14,16-21,23-24,29-30,33,42,44-50,64,72H,7-8,15,22,25-28,31-32,60-61H2,1-2H3,(H2,62,73)(H,65,77)(H,66,79)(H,67,78)(H,68,76)(H,69,74)(H,70,75)/t33-,42-,44-,45-,46-,47+,48-,49+,50+/m0/s1. The van der Waals surface area contributed by atoms with Gasteiger partial charge < -0.3 is 64.1 Å². The monoisotopic (exact) mass is 1180 g/mol. The number of likely N-dealkylation sites (N-methyl/N-ethyl adjacent to an activating group) is 1. The van der Waals surface area contributed by atoms with Gasteiger partial charge >= 0.3 is 0 Å². The molecule has 0 spiro atoms. The molecule has 0 radical (unpaired) electrons. The van der Waals surface area contributed by atoms with Crippen molar-refractivity contribution in [3.63, 3.8) is 0 Å². The molecule has 1 saturated heterocycles. The largest absolute Gasteiger partial charge is 0.391 e. The highest BCUT2D eigenvalue weighted by Crippen LogP contribution is 2.26. The molecule has 6 aromatic rings. The number of primary amides is 1. The molecule has 4 aromatic carbocycles. The normalized spacial score (nSPS) is 21.0. The Labute approximate surface area is 487 Å². The second-order valence-electron chi connectivity index (χ2n) is 20.2. The Hall–Kier alpha value is -7.54. The first-order chi connectivity index (χ1) is 39.4. The van der Waals surface area contributed by atoms with E-state index in [1.54, 1.807) is 48.8 Å². The van der Waals surface area contributed by atoms with Crippen LogP contribution >= 0.6 is 33.2 Å². The van der Waals surface area contributed by atoms with Crippen molar-refractivity contribution < 1.29 is 43.5 Å². The van der Waals surface area contributed by atoms with E-state index in [-0.39, 0.29) is 50.2 Å². The van der Waals surface area contributed by atoms with Crippen LogP contribution < -0.4 is 49.1 Å². The summed E-state index contributed by atoms with van der Waals surface area (Å²) in [5.41, 5.74) is 21.5. The van der Waals surface area contributed by atoms with Crippen molar-refractivity contribution >= 4 is 102 Å². The fourth-order valence-electron chi connectivity index (χ4n) is 9.40. The zero-order valence-corrected chi connectivity index (χ0v) is 47.7. The zero-order valence-electron chi connectivity index (χ0n) is 45.3. The van der Waals surface area contributed by atoms with Gasteiger partial charge in [0.1, 0.15) is 42.3 Å². The van der Waals surface area contributed by atoms with Crippen molar-refractivity contribution in [3.8, 4) is 0 Å². The number of aromatic amines is 1. The van der Waals surface area contributed by atoms with Crippen molar-refractivity contribution in [2.45, 2.75) is 106 Å². The Morgan fingerprint density at radius 3 is 2.13 bits per heavy atom. The van der Waals surface area contributed by atoms with Crippen LogP contribution in [0.3, 0.4) is 0 Å². The molecule has 21 nitrogen and oxygen atoms in total. The lowest BCUT2D eigenvalue weighted by atomic mass is 10.0. The molecule has 1 aliphatic heterocycles. The van der Waals surface area contributed by atoms with Gasteiger partial charge in [0.25, 0.3) is 0 Å². The minimum Gasteiger partial charge on any atom is -0.391 e. The Balaban J connectivity index is 1.26. The Morgan fingerprint density at radius 1 is 0.768 bits per heavy atom. The number of fused-ring (bicyclic) bond motifs is 2. The maximum Gasteiger partial charge on any atom is 0.248 e. The van der Waals surface area contributed by atoms with E-state index < -0.39 is 102 Å². The quantitative estimate of drug-likeness (QED) is 0.0434. The van der Waals surface area contributed by atoms with Gasteiger partial charge in [-0.25, -0.2) is 0 Å². The highest BCUT2D eigenvalue weighted by atomic mass is 35.5. The number of benzene rings is 4. The highest BCUT2D eigenvalue weighted by molar-refractivity contribution is 8.76. The van der Waals surface area contributed by atoms with Crippen LogP contribution in [-0.4, -0.2) is 147 Å². The molecule has 24 heteroatoms. The van der Waals surface area contributed by atoms with Crippen LogP contribution in [0, 0.1) is 0 Å². The molecule has 8 amide bonds. The van der Waals surface area contributed by atoms with Crippen molar-refractivity contribution in [1.29, 1.82) is 0 Å². The number of hydrogen-bond donors (Lipinski definition) is 11. The molecular formula is C58H69ClN12O9S2. The first-order valence-corrected chi connectivity index (χ1v) is 29.7. The van der Waals surface area contributed by atoms with Gasteiger partial charge in [-0.05, 0) is 96.4 Å². The predicted octanol–water partition coefficient (Wildman–Crippen LogP) is 2.09. The van der Waals surface area contributed by atoms with Gasteiger partial charge in [-0.2, -0.15) is 0 Å². The molecule has 3 heterocycles. The predicted molar refractivity (Wildman–Crippen MR) is 318 cm³/mol. The van der Waals surface area contributed by atoms with Crippen molar-refractivity contribution in [2.75, 3.05) is 25.1 Å². The molecule has 2 aromatic heterocycles. The average molecular weight is 1180 g/mol. The number of nitrogens with two attached hydrogens (primary N) is 3. The number of aromatic nitrogens is 2. The zero-order chi connectivity index (χ0) is 58.9. The van der Waals surface area contributed by atoms with Crippen molar-refractivity contribution in [2.24, 2.45) is 17.2 Å². The molecule has 82 heavy (non-hydrogen) atoms. The number of aliphatic hydroxyl groups is 1. The third kappa shape index (κ3) is 17.2. The fraction of sp³-hybridized carbons (Fsp3) is 0.362. The number of pyridine rings is 1. The third-order valence-corrected chi connectivity index (χ3v) is 16.7. The van der Waals surface area contributed by atoms with E-state index >= 15 is 0 Å². The van der Waals surface area contributed by atoms with E-state index in [0.717, 1.165) is 48.2 Å². The summed E-state index contributed by atoms with van der Waals surface area (Å²) in [5.74, 6) is -7.00. The van der Waals surface area contributed by atoms with E-state index in [9.17, 15) is 43.5 Å². The van der Waals surface area contributed by atoms with Crippen LogP contribution in [0.25, 0.3) is 21.7 Å². The summed E-state index contributed by atoms with van der Waals surface area (Å²) in [5, 5.41) is 30.8. The summed E-state index contributed by atoms with van der Waals surface area (Å²) >= 11 is 6.11. The molecule has 0 unspecified atom stereocenters. The number of carbonyl (C=O) groups is 8. The lowest BCUT2D eigenvalue weighted by Crippen LogP contribution is -2.62. The molecular weight excluding hydrogens is 1110 g/mol. The Kier molecular flexibility index (Phi) is 22.7. The summed E-state index contributed by atoms with van der Waals surface area (Å²) in [4.78, 5) is 124. The van der Waals surface area contributed by atoms with E-state index in [1.165, 1.54) is 20.2 Å². The maximum atomic E-state index is 14.9. The number of hydrogen-bond acceptors (Lipinski definition) is 14. The molecule has 9 atom stereocenters. The number of aliphatic hydroxyl groups excluding tert-OH is 1. The van der Waals surface area contributed by atoms with Gasteiger partial charge in [0.05, 0.1) is 12.1 Å². The average Bonchev–Trinajstić information content (AvgIpc) is 3.87. The number of H-pyrrole nitrogens is 1. The molecule has 0 aliphatic carbocycles. The molecule has 1 fully saturated rings. The Morgan fingerprint density at radius 2 is 1.43 bits per heavy atom. The minimum absolute atomic E-state index is 0.0130. The van der Waals surface area contributed by atoms with E-state index in [2.05, 4.69) is 41.9 Å². The minimum atomic E-state index is -1.69. The van der Waals surface area contributed by atoms with Gasteiger partial charge in [-0.15, -0.1) is 0 Å². The van der Waals surface area contributed by atoms with E-state index in [4.69, 9.17) is 28.8 Å². The summed E-state index contributed by atoms with van der Waals surface area (Å²) in [7, 11) is 3.37. The number of unbranched alkanes of at least 4 members (excludes halogenated alkanes) is 1. The van der Waals surface area contributed by atoms with Crippen LogP contribution in [0.4, 0.5) is 0 Å². The van der Waals surface area contributed by atoms with Crippen LogP contribution in [0.1, 0.15) is 48.4 Å². The number of rotatable bonds is 18. The van der Waals surface area contributed by atoms with Gasteiger partial charge in [0, 0.05) is 72.3 Å². The van der Waals surface area contributed by atoms with Crippen LogP contribution in [0.15, 0.2) is 122 Å². The summed E-state index contributed by atoms with van der Waals surface area (Å²) in [6.07, 6.45) is 3.81. The molecule has 0 bridgehead atoms. The van der Waals surface area contributed by atoms with Gasteiger partial charge in [0.15, 0.2) is 0 Å². The van der Waals surface area contributed by atoms with Gasteiger partial charge in [-0.3, -0.25) is 43.3 Å². The third-order valence-electron chi connectivity index (χ3n) is 14.1. The lowest BCUT2D eigenvalue weighted by Gasteiger charge is -2.33. The first-order valence-electron chi connectivity index (χ1n) is 26.8. The van der Waals surface area contributed by atoms with Crippen molar-refractivity contribution in [1.82, 2.24) is 46.8 Å². The van der Waals surface area contributed by atoms with Crippen LogP contribution in [-0.2, 0) is 64.0 Å². The first kappa shape index (κ1) is 62.1. The van der Waals surface area contributed by atoms with Gasteiger partial charge in [-0.1, -0.05) is 112 Å². The smallest absolute Gasteiger partial charge is 0.248 e. The van der Waals surface area contributed by atoms with Crippen molar-refractivity contribution in [3.05, 3.63) is 149 Å². The van der Waals surface area contributed by atoms with Crippen LogP contribution in [0.5, 0.6) is 0 Å². The number of carbonyl (C=O) groups excluding carboxylic acids is 8. The van der Waals surface area contributed by atoms with Gasteiger partial charge in [0.2, 0.25) is 47.3 Å². The molecule has 7 rings (SSSR count). The number of para-hydroxylation sites is 1.